The van der Waals surface area contributed by atoms with E-state index < -0.39 is 41.9 Å². The number of halogens is 8. The molecule has 1 aromatic heterocycles. The quantitative estimate of drug-likeness (QED) is 0.792. The van der Waals surface area contributed by atoms with Crippen LogP contribution in [0.15, 0.2) is 6.07 Å². The highest BCUT2D eigenvalue weighted by molar-refractivity contribution is 5.41. The maximum absolute atomic E-state index is 12.5. The Morgan fingerprint density at radius 1 is 1.10 bits per heavy atom. The van der Waals surface area contributed by atoms with Crippen LogP contribution in [0.2, 0.25) is 0 Å². The minimum Gasteiger partial charge on any atom is -0.491 e. The topological polar surface area (TPSA) is 31.4 Å². The van der Waals surface area contributed by atoms with Crippen molar-refractivity contribution in [1.82, 2.24) is 4.98 Å². The van der Waals surface area contributed by atoms with Gasteiger partial charge in [-0.25, -0.2) is 13.8 Å². The summed E-state index contributed by atoms with van der Waals surface area (Å²) in [7, 11) is 0.739. The van der Waals surface area contributed by atoms with Gasteiger partial charge in [0.05, 0.1) is 12.7 Å². The van der Waals surface area contributed by atoms with E-state index in [1.807, 2.05) is 0 Å². The maximum atomic E-state index is 12.5. The zero-order chi connectivity index (χ0) is 15.7. The van der Waals surface area contributed by atoms with Crippen molar-refractivity contribution in [3.05, 3.63) is 17.3 Å². The number of hydrogen-bond donors (Lipinski definition) is 0. The maximum Gasteiger partial charge on any atom is 0.574 e. The summed E-state index contributed by atoms with van der Waals surface area (Å²) < 4.78 is 106. The van der Waals surface area contributed by atoms with Gasteiger partial charge in [0, 0.05) is 6.07 Å². The molecule has 0 N–H and O–H groups in total. The zero-order valence-electron chi connectivity index (χ0n) is 9.44. The fourth-order valence-electron chi connectivity index (χ4n) is 1.21. The Hall–Kier alpha value is -1.81. The third-order valence-corrected chi connectivity index (χ3v) is 1.93. The van der Waals surface area contributed by atoms with Crippen molar-refractivity contribution in [2.24, 2.45) is 0 Å². The summed E-state index contributed by atoms with van der Waals surface area (Å²) in [6.07, 6.45) is -14.3. The molecule has 0 bridgehead atoms. The van der Waals surface area contributed by atoms with Crippen molar-refractivity contribution in [3.8, 4) is 11.6 Å². The molecule has 3 nitrogen and oxygen atoms in total. The highest BCUT2D eigenvalue weighted by atomic mass is 19.4. The Balaban J connectivity index is 3.45. The lowest BCUT2D eigenvalue weighted by atomic mass is 10.2. The van der Waals surface area contributed by atoms with Crippen LogP contribution in [-0.4, -0.2) is 18.5 Å². The normalized spacial score (nSPS) is 12.7. The molecule has 0 radical (unpaired) electrons. The van der Waals surface area contributed by atoms with Crippen LogP contribution >= 0.6 is 0 Å². The van der Waals surface area contributed by atoms with E-state index in [2.05, 4.69) is 14.5 Å². The minimum atomic E-state index is -5.32. The number of nitrogens with zero attached hydrogens (tertiary/aromatic N) is 1. The number of ether oxygens (including phenoxy) is 2. The van der Waals surface area contributed by atoms with Gasteiger partial charge in [0.1, 0.15) is 5.69 Å². The van der Waals surface area contributed by atoms with Gasteiger partial charge in [-0.3, -0.25) is 0 Å². The average molecular weight is 311 g/mol. The summed E-state index contributed by atoms with van der Waals surface area (Å²) in [5.41, 5.74) is -3.78. The lowest BCUT2D eigenvalue weighted by molar-refractivity contribution is -0.276. The van der Waals surface area contributed by atoms with Crippen molar-refractivity contribution in [2.45, 2.75) is 19.0 Å². The van der Waals surface area contributed by atoms with Crippen LogP contribution < -0.4 is 9.47 Å². The smallest absolute Gasteiger partial charge is 0.491 e. The van der Waals surface area contributed by atoms with E-state index in [9.17, 15) is 35.1 Å². The van der Waals surface area contributed by atoms with Crippen LogP contribution in [-0.2, 0) is 6.18 Å². The molecule has 11 heteroatoms. The fourth-order valence-corrected chi connectivity index (χ4v) is 1.21. The lowest BCUT2D eigenvalue weighted by Gasteiger charge is -2.16. The molecule has 0 atom stereocenters. The molecule has 0 aliphatic heterocycles. The first-order valence-corrected chi connectivity index (χ1v) is 4.65. The number of rotatable bonds is 3. The first-order chi connectivity index (χ1) is 8.95. The number of alkyl halides is 8. The van der Waals surface area contributed by atoms with E-state index in [1.54, 1.807) is 0 Å². The molecule has 0 aliphatic carbocycles. The fraction of sp³-hybridized carbons (Fsp3) is 0.444. The van der Waals surface area contributed by atoms with Gasteiger partial charge in [0.15, 0.2) is 5.75 Å². The van der Waals surface area contributed by atoms with Crippen LogP contribution in [0, 0.1) is 0 Å². The Labute approximate surface area is 106 Å². The molecule has 0 unspecified atom stereocenters. The summed E-state index contributed by atoms with van der Waals surface area (Å²) in [4.78, 5) is 2.56. The molecule has 114 valence electrons. The highest BCUT2D eigenvalue weighted by Gasteiger charge is 2.40. The molecule has 0 amide bonds. The summed E-state index contributed by atoms with van der Waals surface area (Å²) in [6, 6.07) is -0.0322. The molecule has 0 saturated carbocycles. The average Bonchev–Trinajstić information content (AvgIpc) is 2.24. The highest BCUT2D eigenvalue weighted by Crippen LogP contribution is 2.41. The van der Waals surface area contributed by atoms with Crippen LogP contribution in [0.25, 0.3) is 0 Å². The van der Waals surface area contributed by atoms with Crippen LogP contribution in [0.1, 0.15) is 17.7 Å². The number of pyridine rings is 1. The van der Waals surface area contributed by atoms with Crippen LogP contribution in [0.5, 0.6) is 11.6 Å². The summed E-state index contributed by atoms with van der Waals surface area (Å²) in [5, 5.41) is 0. The van der Waals surface area contributed by atoms with E-state index in [1.165, 1.54) is 0 Å². The minimum absolute atomic E-state index is 0.0322. The Bertz CT molecular complexity index is 482. The predicted molar refractivity (Wildman–Crippen MR) is 47.4 cm³/mol. The molecule has 0 saturated heterocycles. The molecular weight excluding hydrogens is 306 g/mol. The van der Waals surface area contributed by atoms with Gasteiger partial charge in [0.25, 0.3) is 12.3 Å². The monoisotopic (exact) mass is 311 g/mol. The molecule has 0 spiro atoms. The first-order valence-electron chi connectivity index (χ1n) is 4.65. The summed E-state index contributed by atoms with van der Waals surface area (Å²) >= 11 is 0. The predicted octanol–water partition coefficient (Wildman–Crippen LogP) is 3.95. The second-order valence-electron chi connectivity index (χ2n) is 3.27. The van der Waals surface area contributed by atoms with Gasteiger partial charge in [0.2, 0.25) is 0 Å². The van der Waals surface area contributed by atoms with E-state index in [-0.39, 0.29) is 6.07 Å². The van der Waals surface area contributed by atoms with E-state index in [0.717, 1.165) is 7.11 Å². The molecule has 1 aromatic rings. The van der Waals surface area contributed by atoms with E-state index in [4.69, 9.17) is 0 Å². The molecule has 1 rings (SSSR count). The van der Waals surface area contributed by atoms with Crippen molar-refractivity contribution in [1.29, 1.82) is 0 Å². The summed E-state index contributed by atoms with van der Waals surface area (Å²) in [6.45, 7) is 0. The molecule has 20 heavy (non-hydrogen) atoms. The first kappa shape index (κ1) is 16.2. The summed E-state index contributed by atoms with van der Waals surface area (Å²) in [5.74, 6) is -2.60. The standard InChI is InChI=1S/C9H5F8NO2/c1-19-4-2-3(8(12,13)14)5(6(10)11)18-7(4)20-9(15,16)17/h2,6H,1H3. The van der Waals surface area contributed by atoms with Gasteiger partial charge in [-0.15, -0.1) is 13.2 Å². The number of aromatic nitrogens is 1. The van der Waals surface area contributed by atoms with Gasteiger partial charge in [-0.1, -0.05) is 0 Å². The zero-order valence-corrected chi connectivity index (χ0v) is 9.44. The van der Waals surface area contributed by atoms with Crippen LogP contribution in [0.4, 0.5) is 35.1 Å². The third-order valence-electron chi connectivity index (χ3n) is 1.93. The van der Waals surface area contributed by atoms with E-state index >= 15 is 0 Å². The van der Waals surface area contributed by atoms with Crippen molar-refractivity contribution < 1.29 is 44.6 Å². The van der Waals surface area contributed by atoms with Gasteiger partial charge in [-0.05, 0) is 0 Å². The SMILES string of the molecule is COc1cc(C(F)(F)F)c(C(F)F)nc1OC(F)(F)F. The molecule has 0 aromatic carbocycles. The van der Waals surface area contributed by atoms with E-state index in [0.29, 0.717) is 0 Å². The van der Waals surface area contributed by atoms with Crippen LogP contribution in [0.3, 0.4) is 0 Å². The van der Waals surface area contributed by atoms with Gasteiger partial charge < -0.3 is 9.47 Å². The number of hydrogen-bond acceptors (Lipinski definition) is 3. The Morgan fingerprint density at radius 3 is 2.00 bits per heavy atom. The molecule has 0 fully saturated rings. The van der Waals surface area contributed by atoms with Crippen molar-refractivity contribution >= 4 is 0 Å². The second-order valence-corrected chi connectivity index (χ2v) is 3.27. The molecule has 1 heterocycles. The molecular formula is C9H5F8NO2. The number of methoxy groups -OCH3 is 1. The largest absolute Gasteiger partial charge is 0.574 e. The van der Waals surface area contributed by atoms with Crippen molar-refractivity contribution in [2.75, 3.05) is 7.11 Å². The van der Waals surface area contributed by atoms with Gasteiger partial charge in [-0.2, -0.15) is 13.2 Å². The van der Waals surface area contributed by atoms with Crippen molar-refractivity contribution in [3.63, 3.8) is 0 Å². The molecule has 0 aliphatic rings. The van der Waals surface area contributed by atoms with Gasteiger partial charge >= 0.3 is 12.5 Å². The second kappa shape index (κ2) is 5.29. The Kier molecular flexibility index (Phi) is 4.30. The Morgan fingerprint density at radius 2 is 1.65 bits per heavy atom. The lowest BCUT2D eigenvalue weighted by Crippen LogP contribution is -2.20. The third kappa shape index (κ3) is 3.84.